The van der Waals surface area contributed by atoms with E-state index in [1.54, 1.807) is 0 Å². The van der Waals surface area contributed by atoms with Gasteiger partial charge in [-0.05, 0) is 50.1 Å². The van der Waals surface area contributed by atoms with Crippen molar-refractivity contribution in [2.45, 2.75) is 26.2 Å². The average molecular weight is 318 g/mol. The standard InChI is InChI=1S/C20H22N4/c1-15-7-6-10-19(13-15)24-20(21-16(2)22-24)17-11-12-23(14-17)18-8-4-3-5-9-18/h3-10,13,17H,11-12,14H2,1-2H3. The molecule has 2 heterocycles. The maximum atomic E-state index is 4.75. The summed E-state index contributed by atoms with van der Waals surface area (Å²) >= 11 is 0. The maximum Gasteiger partial charge on any atom is 0.148 e. The number of aromatic nitrogens is 3. The Morgan fingerprint density at radius 2 is 1.75 bits per heavy atom. The van der Waals surface area contributed by atoms with Gasteiger partial charge in [-0.15, -0.1) is 0 Å². The summed E-state index contributed by atoms with van der Waals surface area (Å²) in [7, 11) is 0. The minimum atomic E-state index is 0.409. The fourth-order valence-corrected chi connectivity index (χ4v) is 3.49. The first-order valence-electron chi connectivity index (χ1n) is 8.51. The summed E-state index contributed by atoms with van der Waals surface area (Å²) in [5.41, 5.74) is 3.63. The van der Waals surface area contributed by atoms with Crippen LogP contribution in [0.2, 0.25) is 0 Å². The Morgan fingerprint density at radius 1 is 0.958 bits per heavy atom. The highest BCUT2D eigenvalue weighted by molar-refractivity contribution is 5.48. The monoisotopic (exact) mass is 318 g/mol. The first kappa shape index (κ1) is 14.9. The third-order valence-electron chi connectivity index (χ3n) is 4.66. The lowest BCUT2D eigenvalue weighted by Gasteiger charge is -2.18. The minimum Gasteiger partial charge on any atom is -0.371 e. The smallest absolute Gasteiger partial charge is 0.148 e. The van der Waals surface area contributed by atoms with Crippen molar-refractivity contribution in [3.8, 4) is 5.69 Å². The van der Waals surface area contributed by atoms with Gasteiger partial charge in [0.15, 0.2) is 0 Å². The van der Waals surface area contributed by atoms with Crippen LogP contribution in [-0.2, 0) is 0 Å². The van der Waals surface area contributed by atoms with Crippen molar-refractivity contribution in [3.05, 3.63) is 71.8 Å². The molecule has 4 nitrogen and oxygen atoms in total. The van der Waals surface area contributed by atoms with E-state index >= 15 is 0 Å². The number of benzene rings is 2. The molecule has 0 N–H and O–H groups in total. The third-order valence-corrected chi connectivity index (χ3v) is 4.66. The molecule has 0 radical (unpaired) electrons. The van der Waals surface area contributed by atoms with Gasteiger partial charge >= 0.3 is 0 Å². The van der Waals surface area contributed by atoms with Gasteiger partial charge in [-0.2, -0.15) is 5.10 Å². The van der Waals surface area contributed by atoms with Gasteiger partial charge in [0.2, 0.25) is 0 Å². The SMILES string of the molecule is Cc1cccc(-n2nc(C)nc2C2CCN(c3ccccc3)C2)c1. The molecule has 1 aromatic heterocycles. The van der Waals surface area contributed by atoms with E-state index in [2.05, 4.69) is 71.5 Å². The molecular weight excluding hydrogens is 296 g/mol. The van der Waals surface area contributed by atoms with Crippen molar-refractivity contribution >= 4 is 5.69 Å². The summed E-state index contributed by atoms with van der Waals surface area (Å²) in [6.45, 7) is 6.14. The zero-order chi connectivity index (χ0) is 16.5. The zero-order valence-electron chi connectivity index (χ0n) is 14.2. The highest BCUT2D eigenvalue weighted by Crippen LogP contribution is 2.31. The summed E-state index contributed by atoms with van der Waals surface area (Å²) in [5.74, 6) is 2.33. The van der Waals surface area contributed by atoms with Gasteiger partial charge in [0.05, 0.1) is 5.69 Å². The predicted molar refractivity (Wildman–Crippen MR) is 96.8 cm³/mol. The lowest BCUT2D eigenvalue weighted by Crippen LogP contribution is -2.20. The lowest BCUT2D eigenvalue weighted by atomic mass is 10.1. The van der Waals surface area contributed by atoms with E-state index in [9.17, 15) is 0 Å². The molecule has 0 amide bonds. The second-order valence-electron chi connectivity index (χ2n) is 6.54. The molecule has 1 aliphatic heterocycles. The van der Waals surface area contributed by atoms with Crippen LogP contribution in [0.5, 0.6) is 0 Å². The number of nitrogens with zero attached hydrogens (tertiary/aromatic N) is 4. The van der Waals surface area contributed by atoms with Crippen LogP contribution in [0.15, 0.2) is 54.6 Å². The van der Waals surface area contributed by atoms with Crippen molar-refractivity contribution in [3.63, 3.8) is 0 Å². The van der Waals surface area contributed by atoms with Crippen LogP contribution in [0.4, 0.5) is 5.69 Å². The molecule has 1 unspecified atom stereocenters. The Kier molecular flexibility index (Phi) is 3.81. The van der Waals surface area contributed by atoms with E-state index in [0.29, 0.717) is 5.92 Å². The van der Waals surface area contributed by atoms with Crippen molar-refractivity contribution in [2.75, 3.05) is 18.0 Å². The number of para-hydroxylation sites is 1. The highest BCUT2D eigenvalue weighted by atomic mass is 15.4. The van der Waals surface area contributed by atoms with Crippen LogP contribution in [0, 0.1) is 13.8 Å². The molecule has 0 aliphatic carbocycles. The number of hydrogen-bond donors (Lipinski definition) is 0. The van der Waals surface area contributed by atoms with Crippen molar-refractivity contribution in [1.29, 1.82) is 0 Å². The molecule has 4 rings (SSSR count). The molecule has 3 aromatic rings. The molecule has 122 valence electrons. The quantitative estimate of drug-likeness (QED) is 0.735. The summed E-state index contributed by atoms with van der Waals surface area (Å²) < 4.78 is 2.03. The van der Waals surface area contributed by atoms with E-state index in [1.807, 2.05) is 11.6 Å². The average Bonchev–Trinajstić information content (AvgIpc) is 3.22. The summed E-state index contributed by atoms with van der Waals surface area (Å²) in [4.78, 5) is 7.19. The molecule has 1 aliphatic rings. The van der Waals surface area contributed by atoms with E-state index in [4.69, 9.17) is 4.98 Å². The highest BCUT2D eigenvalue weighted by Gasteiger charge is 2.28. The maximum absolute atomic E-state index is 4.75. The Balaban J connectivity index is 1.64. The molecular formula is C20H22N4. The zero-order valence-corrected chi connectivity index (χ0v) is 14.2. The second kappa shape index (κ2) is 6.11. The topological polar surface area (TPSA) is 34.0 Å². The van der Waals surface area contributed by atoms with Crippen LogP contribution in [-0.4, -0.2) is 27.9 Å². The second-order valence-corrected chi connectivity index (χ2v) is 6.54. The summed E-state index contributed by atoms with van der Waals surface area (Å²) in [6, 6.07) is 19.1. The first-order valence-corrected chi connectivity index (χ1v) is 8.51. The molecule has 1 fully saturated rings. The van der Waals surface area contributed by atoms with Crippen LogP contribution >= 0.6 is 0 Å². The number of rotatable bonds is 3. The van der Waals surface area contributed by atoms with Gasteiger partial charge in [0.25, 0.3) is 0 Å². The van der Waals surface area contributed by atoms with Crippen molar-refractivity contribution < 1.29 is 0 Å². The van der Waals surface area contributed by atoms with E-state index in [1.165, 1.54) is 11.3 Å². The van der Waals surface area contributed by atoms with Crippen LogP contribution in [0.25, 0.3) is 5.69 Å². The largest absolute Gasteiger partial charge is 0.371 e. The van der Waals surface area contributed by atoms with E-state index in [0.717, 1.165) is 36.8 Å². The van der Waals surface area contributed by atoms with Gasteiger partial charge < -0.3 is 4.90 Å². The van der Waals surface area contributed by atoms with Gasteiger partial charge in [-0.25, -0.2) is 9.67 Å². The number of aryl methyl sites for hydroxylation is 2. The van der Waals surface area contributed by atoms with E-state index < -0.39 is 0 Å². The first-order chi connectivity index (χ1) is 11.7. The minimum absolute atomic E-state index is 0.409. The molecule has 1 atom stereocenters. The molecule has 0 saturated carbocycles. The summed E-state index contributed by atoms with van der Waals surface area (Å²) in [6.07, 6.45) is 1.11. The van der Waals surface area contributed by atoms with Gasteiger partial charge in [-0.1, -0.05) is 30.3 Å². The molecule has 24 heavy (non-hydrogen) atoms. The Labute approximate surface area is 142 Å². The van der Waals surface area contributed by atoms with Crippen molar-refractivity contribution in [1.82, 2.24) is 14.8 Å². The third kappa shape index (κ3) is 2.80. The van der Waals surface area contributed by atoms with Crippen LogP contribution in [0.1, 0.15) is 29.6 Å². The lowest BCUT2D eigenvalue weighted by molar-refractivity contribution is 0.669. The van der Waals surface area contributed by atoms with Gasteiger partial charge in [-0.3, -0.25) is 0 Å². The molecule has 0 spiro atoms. The molecule has 0 bridgehead atoms. The normalized spacial score (nSPS) is 17.4. The summed E-state index contributed by atoms with van der Waals surface area (Å²) in [5, 5.41) is 4.65. The Bertz CT molecular complexity index is 838. The Morgan fingerprint density at radius 3 is 2.54 bits per heavy atom. The van der Waals surface area contributed by atoms with Crippen LogP contribution < -0.4 is 4.90 Å². The fourth-order valence-electron chi connectivity index (χ4n) is 3.49. The van der Waals surface area contributed by atoms with Crippen LogP contribution in [0.3, 0.4) is 0 Å². The van der Waals surface area contributed by atoms with E-state index in [-0.39, 0.29) is 0 Å². The van der Waals surface area contributed by atoms with Gasteiger partial charge in [0, 0.05) is 24.7 Å². The molecule has 1 saturated heterocycles. The van der Waals surface area contributed by atoms with Crippen molar-refractivity contribution in [2.24, 2.45) is 0 Å². The Hall–Kier alpha value is -2.62. The fraction of sp³-hybridized carbons (Fsp3) is 0.300. The van der Waals surface area contributed by atoms with Gasteiger partial charge in [0.1, 0.15) is 11.6 Å². The predicted octanol–water partition coefficient (Wildman–Crippen LogP) is 3.88. The number of hydrogen-bond acceptors (Lipinski definition) is 3. The number of anilines is 1. The molecule has 4 heteroatoms. The molecule has 2 aromatic carbocycles.